The van der Waals surface area contributed by atoms with Crippen LogP contribution in [0.25, 0.3) is 10.9 Å². The summed E-state index contributed by atoms with van der Waals surface area (Å²) in [7, 11) is 0. The summed E-state index contributed by atoms with van der Waals surface area (Å²) in [5, 5.41) is 9.12. The van der Waals surface area contributed by atoms with Gasteiger partial charge in [0, 0.05) is 33.9 Å². The Morgan fingerprint density at radius 3 is 2.52 bits per heavy atom. The Morgan fingerprint density at radius 2 is 1.80 bits per heavy atom. The third-order valence-electron chi connectivity index (χ3n) is 4.22. The zero-order valence-electron chi connectivity index (χ0n) is 14.7. The van der Waals surface area contributed by atoms with Gasteiger partial charge in [-0.05, 0) is 86.4 Å². The number of rotatable bonds is 4. The first-order valence-electron chi connectivity index (χ1n) is 8.32. The number of benzene rings is 2. The molecule has 3 N–H and O–H groups in total. The molecule has 0 unspecified atom stereocenters. The molecule has 2 aromatic carbocycles. The van der Waals surface area contributed by atoms with E-state index < -0.39 is 0 Å². The standard InChI is InChI=1S/C20H22ClN3S/c1-12-8-13(2)10-16(9-12)24-20(25)22-7-6-17-14(3)23-19-5-4-15(21)11-18(17)19/h4-5,8-11,23H,6-7H2,1-3H3,(H2,22,24,25). The first-order chi connectivity index (χ1) is 11.9. The third kappa shape index (κ3) is 4.33. The van der Waals surface area contributed by atoms with Crippen LogP contribution >= 0.6 is 23.8 Å². The molecule has 3 rings (SSSR count). The molecule has 0 bridgehead atoms. The molecule has 1 heterocycles. The maximum absolute atomic E-state index is 6.14. The fraction of sp³-hybridized carbons (Fsp3) is 0.250. The third-order valence-corrected chi connectivity index (χ3v) is 4.70. The van der Waals surface area contributed by atoms with Crippen molar-refractivity contribution < 1.29 is 0 Å². The second-order valence-corrected chi connectivity index (χ2v) is 7.27. The van der Waals surface area contributed by atoms with Crippen LogP contribution in [0.3, 0.4) is 0 Å². The molecule has 0 fully saturated rings. The summed E-state index contributed by atoms with van der Waals surface area (Å²) in [5.74, 6) is 0. The second kappa shape index (κ2) is 7.46. The van der Waals surface area contributed by atoms with Crippen molar-refractivity contribution >= 4 is 45.5 Å². The summed E-state index contributed by atoms with van der Waals surface area (Å²) in [6.45, 7) is 7.02. The Labute approximate surface area is 158 Å². The number of hydrogen-bond donors (Lipinski definition) is 3. The van der Waals surface area contributed by atoms with E-state index in [0.29, 0.717) is 5.11 Å². The van der Waals surface area contributed by atoms with Crippen LogP contribution in [-0.2, 0) is 6.42 Å². The van der Waals surface area contributed by atoms with Gasteiger partial charge < -0.3 is 15.6 Å². The first kappa shape index (κ1) is 17.8. The number of aromatic nitrogens is 1. The van der Waals surface area contributed by atoms with Gasteiger partial charge in [0.2, 0.25) is 0 Å². The molecule has 0 amide bonds. The lowest BCUT2D eigenvalue weighted by molar-refractivity contribution is 0.871. The molecule has 5 heteroatoms. The van der Waals surface area contributed by atoms with Gasteiger partial charge in [-0.1, -0.05) is 17.7 Å². The van der Waals surface area contributed by atoms with Crippen LogP contribution in [0, 0.1) is 20.8 Å². The van der Waals surface area contributed by atoms with Gasteiger partial charge in [-0.2, -0.15) is 0 Å². The number of fused-ring (bicyclic) bond motifs is 1. The van der Waals surface area contributed by atoms with Gasteiger partial charge in [-0.3, -0.25) is 0 Å². The van der Waals surface area contributed by atoms with E-state index in [0.717, 1.165) is 29.2 Å². The molecular weight excluding hydrogens is 350 g/mol. The van der Waals surface area contributed by atoms with Crippen LogP contribution in [0.15, 0.2) is 36.4 Å². The van der Waals surface area contributed by atoms with Crippen molar-refractivity contribution in [3.05, 3.63) is 63.8 Å². The van der Waals surface area contributed by atoms with Gasteiger partial charge in [0.15, 0.2) is 5.11 Å². The van der Waals surface area contributed by atoms with Gasteiger partial charge in [0.25, 0.3) is 0 Å². The predicted octanol–water partition coefficient (Wildman–Crippen LogP) is 5.28. The lowest BCUT2D eigenvalue weighted by Gasteiger charge is -2.12. The predicted molar refractivity (Wildman–Crippen MR) is 112 cm³/mol. The molecule has 0 atom stereocenters. The van der Waals surface area contributed by atoms with Crippen LogP contribution in [0.1, 0.15) is 22.4 Å². The number of aryl methyl sites for hydroxylation is 3. The maximum Gasteiger partial charge on any atom is 0.170 e. The van der Waals surface area contributed by atoms with E-state index in [-0.39, 0.29) is 0 Å². The zero-order chi connectivity index (χ0) is 18.0. The Balaban J connectivity index is 1.62. The van der Waals surface area contributed by atoms with E-state index in [1.165, 1.54) is 27.8 Å². The molecule has 0 aliphatic rings. The molecule has 0 saturated heterocycles. The highest BCUT2D eigenvalue weighted by Gasteiger charge is 2.09. The molecule has 130 valence electrons. The normalized spacial score (nSPS) is 10.9. The number of halogens is 1. The zero-order valence-corrected chi connectivity index (χ0v) is 16.2. The van der Waals surface area contributed by atoms with Crippen molar-refractivity contribution in [3.8, 4) is 0 Å². The molecule has 3 aromatic rings. The molecule has 1 aromatic heterocycles. The number of nitrogens with one attached hydrogen (secondary N) is 3. The molecule has 0 aliphatic heterocycles. The minimum absolute atomic E-state index is 0.639. The first-order valence-corrected chi connectivity index (χ1v) is 9.11. The summed E-state index contributed by atoms with van der Waals surface area (Å²) in [5.41, 5.74) is 7.03. The largest absolute Gasteiger partial charge is 0.362 e. The van der Waals surface area contributed by atoms with E-state index in [4.69, 9.17) is 23.8 Å². The van der Waals surface area contributed by atoms with Crippen molar-refractivity contribution in [1.29, 1.82) is 0 Å². The van der Waals surface area contributed by atoms with Crippen molar-refractivity contribution in [2.75, 3.05) is 11.9 Å². The monoisotopic (exact) mass is 371 g/mol. The lowest BCUT2D eigenvalue weighted by atomic mass is 10.1. The van der Waals surface area contributed by atoms with Gasteiger partial charge >= 0.3 is 0 Å². The molecule has 3 nitrogen and oxygen atoms in total. The van der Waals surface area contributed by atoms with E-state index >= 15 is 0 Å². The van der Waals surface area contributed by atoms with Crippen LogP contribution in [0.4, 0.5) is 5.69 Å². The highest BCUT2D eigenvalue weighted by atomic mass is 35.5. The summed E-state index contributed by atoms with van der Waals surface area (Å²) in [6, 6.07) is 12.3. The lowest BCUT2D eigenvalue weighted by Crippen LogP contribution is -2.30. The summed E-state index contributed by atoms with van der Waals surface area (Å²) >= 11 is 11.6. The van der Waals surface area contributed by atoms with Gasteiger partial charge in [0.05, 0.1) is 0 Å². The Hall–Kier alpha value is -2.04. The highest BCUT2D eigenvalue weighted by Crippen LogP contribution is 2.25. The van der Waals surface area contributed by atoms with Crippen LogP contribution in [0.2, 0.25) is 5.02 Å². The van der Waals surface area contributed by atoms with Gasteiger partial charge in [0.1, 0.15) is 0 Å². The number of hydrogen-bond acceptors (Lipinski definition) is 1. The highest BCUT2D eigenvalue weighted by molar-refractivity contribution is 7.80. The summed E-state index contributed by atoms with van der Waals surface area (Å²) in [4.78, 5) is 3.41. The van der Waals surface area contributed by atoms with Crippen molar-refractivity contribution in [1.82, 2.24) is 10.3 Å². The molecule has 25 heavy (non-hydrogen) atoms. The summed E-state index contributed by atoms with van der Waals surface area (Å²) in [6.07, 6.45) is 0.876. The average molecular weight is 372 g/mol. The number of anilines is 1. The van der Waals surface area contributed by atoms with Gasteiger partial charge in [-0.25, -0.2) is 0 Å². The number of thiocarbonyl (C=S) groups is 1. The second-order valence-electron chi connectivity index (χ2n) is 6.43. The molecular formula is C20H22ClN3S. The van der Waals surface area contributed by atoms with Crippen LogP contribution in [0.5, 0.6) is 0 Å². The molecule has 0 radical (unpaired) electrons. The topological polar surface area (TPSA) is 39.8 Å². The maximum atomic E-state index is 6.14. The minimum Gasteiger partial charge on any atom is -0.362 e. The smallest absolute Gasteiger partial charge is 0.170 e. The van der Waals surface area contributed by atoms with Crippen molar-refractivity contribution in [3.63, 3.8) is 0 Å². The fourth-order valence-electron chi connectivity index (χ4n) is 3.20. The Morgan fingerprint density at radius 1 is 1.08 bits per heavy atom. The molecule has 0 aliphatic carbocycles. The Bertz CT molecular complexity index is 910. The Kier molecular flexibility index (Phi) is 5.30. The minimum atomic E-state index is 0.639. The van der Waals surface area contributed by atoms with Crippen LogP contribution in [-0.4, -0.2) is 16.6 Å². The fourth-order valence-corrected chi connectivity index (χ4v) is 3.59. The van der Waals surface area contributed by atoms with Crippen molar-refractivity contribution in [2.24, 2.45) is 0 Å². The van der Waals surface area contributed by atoms with E-state index in [1.54, 1.807) is 0 Å². The molecule has 0 saturated carbocycles. The van der Waals surface area contributed by atoms with E-state index in [9.17, 15) is 0 Å². The summed E-state index contributed by atoms with van der Waals surface area (Å²) < 4.78 is 0. The van der Waals surface area contributed by atoms with Gasteiger partial charge in [-0.15, -0.1) is 0 Å². The molecule has 0 spiro atoms. The van der Waals surface area contributed by atoms with Crippen molar-refractivity contribution in [2.45, 2.75) is 27.2 Å². The number of H-pyrrole nitrogens is 1. The quantitative estimate of drug-likeness (QED) is 0.547. The van der Waals surface area contributed by atoms with E-state index in [2.05, 4.69) is 54.6 Å². The average Bonchev–Trinajstić information content (AvgIpc) is 2.82. The van der Waals surface area contributed by atoms with Crippen LogP contribution < -0.4 is 10.6 Å². The van der Waals surface area contributed by atoms with E-state index in [1.807, 2.05) is 18.2 Å². The number of aromatic amines is 1. The SMILES string of the molecule is Cc1cc(C)cc(NC(=S)NCCc2c(C)[nH]c3ccc(Cl)cc23)c1.